The van der Waals surface area contributed by atoms with Gasteiger partial charge in [-0.25, -0.2) is 4.98 Å². The van der Waals surface area contributed by atoms with Crippen molar-refractivity contribution in [2.24, 2.45) is 17.3 Å². The maximum Gasteiger partial charge on any atom is 0.137 e. The number of benzene rings is 1. The van der Waals surface area contributed by atoms with E-state index in [4.69, 9.17) is 11.6 Å². The van der Waals surface area contributed by atoms with E-state index in [9.17, 15) is 0 Å². The van der Waals surface area contributed by atoms with Gasteiger partial charge in [0.25, 0.3) is 0 Å². The van der Waals surface area contributed by atoms with Gasteiger partial charge in [-0.05, 0) is 54.2 Å². The summed E-state index contributed by atoms with van der Waals surface area (Å²) in [4.78, 5) is 4.07. The lowest BCUT2D eigenvalue weighted by Gasteiger charge is -2.30. The second kappa shape index (κ2) is 5.80. The van der Waals surface area contributed by atoms with E-state index in [1.165, 1.54) is 18.4 Å². The molecule has 1 fully saturated rings. The predicted molar refractivity (Wildman–Crippen MR) is 85.2 cm³/mol. The molecule has 1 aromatic heterocycles. The molecule has 2 atom stereocenters. The fourth-order valence-corrected chi connectivity index (χ4v) is 3.80. The zero-order valence-electron chi connectivity index (χ0n) is 12.7. The van der Waals surface area contributed by atoms with Crippen molar-refractivity contribution < 1.29 is 0 Å². The largest absolute Gasteiger partial charge is 0.253 e. The number of aromatic nitrogens is 3. The maximum absolute atomic E-state index is 5.98. The number of rotatable bonds is 4. The molecule has 1 aliphatic rings. The quantitative estimate of drug-likeness (QED) is 0.846. The second-order valence-corrected chi connectivity index (χ2v) is 7.28. The molecule has 0 amide bonds. The summed E-state index contributed by atoms with van der Waals surface area (Å²) in [6.07, 6.45) is 7.14. The van der Waals surface area contributed by atoms with Gasteiger partial charge in [0.2, 0.25) is 0 Å². The van der Waals surface area contributed by atoms with Crippen molar-refractivity contribution in [3.63, 3.8) is 0 Å². The highest BCUT2D eigenvalue weighted by atomic mass is 35.5. The first-order valence-corrected chi connectivity index (χ1v) is 7.99. The molecule has 1 unspecified atom stereocenters. The Labute approximate surface area is 131 Å². The lowest BCUT2D eigenvalue weighted by Crippen LogP contribution is -2.28. The Morgan fingerprint density at radius 1 is 1.29 bits per heavy atom. The van der Waals surface area contributed by atoms with Crippen LogP contribution in [0.3, 0.4) is 0 Å². The zero-order valence-corrected chi connectivity index (χ0v) is 13.4. The third-order valence-electron chi connectivity index (χ3n) is 4.99. The van der Waals surface area contributed by atoms with E-state index in [1.807, 2.05) is 23.1 Å². The van der Waals surface area contributed by atoms with Gasteiger partial charge in [-0.1, -0.05) is 37.6 Å². The van der Waals surface area contributed by atoms with Crippen LogP contribution < -0.4 is 0 Å². The highest BCUT2D eigenvalue weighted by molar-refractivity contribution is 6.30. The summed E-state index contributed by atoms with van der Waals surface area (Å²) in [5.74, 6) is 1.33. The Morgan fingerprint density at radius 3 is 2.71 bits per heavy atom. The van der Waals surface area contributed by atoms with Crippen molar-refractivity contribution in [1.29, 1.82) is 0 Å². The Hall–Kier alpha value is -1.35. The van der Waals surface area contributed by atoms with Crippen molar-refractivity contribution in [1.82, 2.24) is 14.8 Å². The van der Waals surface area contributed by atoms with E-state index in [0.29, 0.717) is 17.3 Å². The van der Waals surface area contributed by atoms with E-state index in [1.54, 1.807) is 6.33 Å². The minimum atomic E-state index is 0.364. The Balaban J connectivity index is 1.75. The van der Waals surface area contributed by atoms with Crippen LogP contribution in [0, 0.1) is 17.3 Å². The van der Waals surface area contributed by atoms with Gasteiger partial charge in [-0.15, -0.1) is 0 Å². The normalized spacial score (nSPS) is 24.3. The van der Waals surface area contributed by atoms with E-state index in [0.717, 1.165) is 18.0 Å². The smallest absolute Gasteiger partial charge is 0.137 e. The van der Waals surface area contributed by atoms with Crippen LogP contribution >= 0.6 is 11.6 Å². The van der Waals surface area contributed by atoms with E-state index in [2.05, 4.69) is 36.1 Å². The predicted octanol–water partition coefficient (Wildman–Crippen LogP) is 4.23. The molecule has 0 radical (unpaired) electrons. The zero-order chi connectivity index (χ0) is 14.9. The monoisotopic (exact) mass is 303 g/mol. The first-order valence-electron chi connectivity index (χ1n) is 7.61. The first kappa shape index (κ1) is 14.6. The molecule has 4 heteroatoms. The van der Waals surface area contributed by atoms with Crippen LogP contribution in [-0.2, 0) is 13.0 Å². The summed E-state index contributed by atoms with van der Waals surface area (Å²) in [7, 11) is 0. The molecule has 0 bridgehead atoms. The van der Waals surface area contributed by atoms with Crippen LogP contribution in [-0.4, -0.2) is 14.8 Å². The van der Waals surface area contributed by atoms with Gasteiger partial charge in [0, 0.05) is 11.6 Å². The molecular weight excluding hydrogens is 282 g/mol. The Kier molecular flexibility index (Phi) is 4.03. The highest BCUT2D eigenvalue weighted by Crippen LogP contribution is 2.48. The Bertz CT molecular complexity index is 575. The average Bonchev–Trinajstić information content (AvgIpc) is 3.05. The van der Waals surface area contributed by atoms with Crippen molar-refractivity contribution in [3.8, 4) is 0 Å². The first-order chi connectivity index (χ1) is 10.0. The molecule has 1 saturated carbocycles. The van der Waals surface area contributed by atoms with Gasteiger partial charge in [0.05, 0.1) is 0 Å². The summed E-state index contributed by atoms with van der Waals surface area (Å²) in [6, 6.07) is 8.28. The van der Waals surface area contributed by atoms with Gasteiger partial charge in [-0.2, -0.15) is 5.10 Å². The standard InChI is InChI=1S/C17H22ClN3/c1-17(2)8-7-14(9-13-3-5-15(18)6-4-13)16(17)10-21-12-19-11-20-21/h3-6,11-12,14,16H,7-10H2,1-2H3/t14-,16?/m0/s1. The van der Waals surface area contributed by atoms with Gasteiger partial charge < -0.3 is 0 Å². The minimum Gasteiger partial charge on any atom is -0.253 e. The summed E-state index contributed by atoms with van der Waals surface area (Å²) in [6.45, 7) is 5.73. The molecule has 3 nitrogen and oxygen atoms in total. The molecule has 1 aromatic carbocycles. The molecule has 112 valence electrons. The summed E-state index contributed by atoms with van der Waals surface area (Å²) < 4.78 is 1.98. The molecule has 3 rings (SSSR count). The van der Waals surface area contributed by atoms with Crippen LogP contribution in [0.4, 0.5) is 0 Å². The van der Waals surface area contributed by atoms with Crippen LogP contribution in [0.15, 0.2) is 36.9 Å². The molecule has 0 aliphatic heterocycles. The Morgan fingerprint density at radius 2 is 2.05 bits per heavy atom. The van der Waals surface area contributed by atoms with E-state index in [-0.39, 0.29) is 0 Å². The number of hydrogen-bond acceptors (Lipinski definition) is 2. The molecule has 1 aliphatic carbocycles. The SMILES string of the molecule is CC1(C)CC[C@@H](Cc2ccc(Cl)cc2)C1Cn1cncn1. The van der Waals surface area contributed by atoms with Crippen LogP contribution in [0.25, 0.3) is 0 Å². The van der Waals surface area contributed by atoms with E-state index >= 15 is 0 Å². The minimum absolute atomic E-state index is 0.364. The molecule has 1 heterocycles. The summed E-state index contributed by atoms with van der Waals surface area (Å²) >= 11 is 5.98. The van der Waals surface area contributed by atoms with Gasteiger partial charge in [0.15, 0.2) is 0 Å². The number of hydrogen-bond donors (Lipinski definition) is 0. The van der Waals surface area contributed by atoms with Crippen LogP contribution in [0.2, 0.25) is 5.02 Å². The molecule has 2 aromatic rings. The lowest BCUT2D eigenvalue weighted by atomic mass is 9.77. The van der Waals surface area contributed by atoms with Gasteiger partial charge in [0.1, 0.15) is 12.7 Å². The highest BCUT2D eigenvalue weighted by Gasteiger charge is 2.41. The molecule has 21 heavy (non-hydrogen) atoms. The van der Waals surface area contributed by atoms with Crippen LogP contribution in [0.1, 0.15) is 32.3 Å². The molecule has 0 N–H and O–H groups in total. The third kappa shape index (κ3) is 3.29. The van der Waals surface area contributed by atoms with Gasteiger partial charge in [-0.3, -0.25) is 4.68 Å². The molecule has 0 saturated heterocycles. The third-order valence-corrected chi connectivity index (χ3v) is 5.25. The number of halogens is 1. The van der Waals surface area contributed by atoms with Crippen molar-refractivity contribution in [2.45, 2.75) is 39.7 Å². The van der Waals surface area contributed by atoms with Gasteiger partial charge >= 0.3 is 0 Å². The molecule has 0 spiro atoms. The van der Waals surface area contributed by atoms with E-state index < -0.39 is 0 Å². The molecular formula is C17H22ClN3. The summed E-state index contributed by atoms with van der Waals surface area (Å²) in [5, 5.41) is 5.10. The van der Waals surface area contributed by atoms with Crippen molar-refractivity contribution in [3.05, 3.63) is 47.5 Å². The average molecular weight is 304 g/mol. The fourth-order valence-electron chi connectivity index (χ4n) is 3.67. The lowest BCUT2D eigenvalue weighted by molar-refractivity contribution is 0.183. The van der Waals surface area contributed by atoms with Crippen molar-refractivity contribution >= 4 is 11.6 Å². The van der Waals surface area contributed by atoms with Crippen molar-refractivity contribution in [2.75, 3.05) is 0 Å². The van der Waals surface area contributed by atoms with Crippen LogP contribution in [0.5, 0.6) is 0 Å². The fraction of sp³-hybridized carbons (Fsp3) is 0.529. The summed E-state index contributed by atoms with van der Waals surface area (Å²) in [5.41, 5.74) is 1.74. The topological polar surface area (TPSA) is 30.7 Å². The maximum atomic E-state index is 5.98. The second-order valence-electron chi connectivity index (χ2n) is 6.84. The number of nitrogens with zero attached hydrogens (tertiary/aromatic N) is 3.